The van der Waals surface area contributed by atoms with Gasteiger partial charge in [-0.05, 0) is 40.0 Å². The fourth-order valence-electron chi connectivity index (χ4n) is 3.03. The van der Waals surface area contributed by atoms with Gasteiger partial charge >= 0.3 is 5.97 Å². The van der Waals surface area contributed by atoms with Crippen LogP contribution in [0.15, 0.2) is 4.52 Å². The number of aromatic nitrogens is 2. The third-order valence-corrected chi connectivity index (χ3v) is 5.36. The Morgan fingerprint density at radius 1 is 1.40 bits per heavy atom. The minimum absolute atomic E-state index is 0.111. The minimum Gasteiger partial charge on any atom is -0.465 e. The van der Waals surface area contributed by atoms with Gasteiger partial charge in [0.25, 0.3) is 0 Å². The van der Waals surface area contributed by atoms with Gasteiger partial charge in [0.05, 0.1) is 18.0 Å². The lowest BCUT2D eigenvalue weighted by Gasteiger charge is -2.08. The predicted molar refractivity (Wildman–Crippen MR) is 92.7 cm³/mol. The molecule has 8 heteroatoms. The summed E-state index contributed by atoms with van der Waals surface area (Å²) in [5.41, 5.74) is 2.54. The molecule has 1 amide bonds. The van der Waals surface area contributed by atoms with E-state index in [1.165, 1.54) is 11.3 Å². The summed E-state index contributed by atoms with van der Waals surface area (Å²) in [6.45, 7) is 5.86. The minimum atomic E-state index is -0.306. The average Bonchev–Trinajstić information content (AvgIpc) is 3.21. The summed E-state index contributed by atoms with van der Waals surface area (Å²) in [6, 6.07) is 0. The first-order valence-corrected chi connectivity index (χ1v) is 9.19. The number of amides is 1. The highest BCUT2D eigenvalue weighted by Gasteiger charge is 2.33. The van der Waals surface area contributed by atoms with E-state index in [-0.39, 0.29) is 17.8 Å². The molecule has 0 aliphatic heterocycles. The number of hydrogen-bond donors (Lipinski definition) is 1. The van der Waals surface area contributed by atoms with E-state index in [1.54, 1.807) is 6.92 Å². The molecule has 134 valence electrons. The lowest BCUT2D eigenvalue weighted by Crippen LogP contribution is -2.15. The Kier molecular flexibility index (Phi) is 5.17. The number of anilines is 1. The van der Waals surface area contributed by atoms with E-state index in [0.717, 1.165) is 40.4 Å². The Hall–Kier alpha value is -2.22. The van der Waals surface area contributed by atoms with E-state index < -0.39 is 0 Å². The average molecular weight is 363 g/mol. The van der Waals surface area contributed by atoms with Crippen LogP contribution < -0.4 is 5.32 Å². The maximum absolute atomic E-state index is 12.2. The van der Waals surface area contributed by atoms with Crippen LogP contribution in [-0.4, -0.2) is 28.6 Å². The zero-order valence-corrected chi connectivity index (χ0v) is 15.4. The van der Waals surface area contributed by atoms with Crippen molar-refractivity contribution in [2.75, 3.05) is 11.9 Å². The van der Waals surface area contributed by atoms with Crippen molar-refractivity contribution in [1.29, 1.82) is 0 Å². The number of thiazole rings is 1. The molecule has 3 rings (SSSR count). The van der Waals surface area contributed by atoms with Crippen molar-refractivity contribution in [2.45, 2.75) is 52.4 Å². The zero-order chi connectivity index (χ0) is 18.0. The number of esters is 1. The SMILES string of the molecule is CCOC(=O)C1CCc2sc(NC(=O)CCc3c(C)noc3C)nc21. The molecular formula is C17H21N3O4S. The molecular weight excluding hydrogens is 342 g/mol. The number of carbonyl (C=O) groups excluding carboxylic acids is 2. The van der Waals surface area contributed by atoms with E-state index in [4.69, 9.17) is 9.26 Å². The Bertz CT molecular complexity index is 776. The van der Waals surface area contributed by atoms with Crippen LogP contribution in [0.4, 0.5) is 5.13 Å². The monoisotopic (exact) mass is 363 g/mol. The van der Waals surface area contributed by atoms with E-state index in [2.05, 4.69) is 15.5 Å². The summed E-state index contributed by atoms with van der Waals surface area (Å²) in [7, 11) is 0. The number of nitrogens with zero attached hydrogens (tertiary/aromatic N) is 2. The molecule has 0 radical (unpaired) electrons. The van der Waals surface area contributed by atoms with E-state index in [1.807, 2.05) is 13.8 Å². The molecule has 0 spiro atoms. The molecule has 2 aromatic heterocycles. The van der Waals surface area contributed by atoms with Crippen LogP contribution in [0.25, 0.3) is 0 Å². The third-order valence-electron chi connectivity index (χ3n) is 4.32. The Morgan fingerprint density at radius 3 is 2.88 bits per heavy atom. The molecule has 0 aromatic carbocycles. The van der Waals surface area contributed by atoms with Crippen LogP contribution in [0.5, 0.6) is 0 Å². The fourth-order valence-corrected chi connectivity index (χ4v) is 4.09. The van der Waals surface area contributed by atoms with Crippen LogP contribution in [0.3, 0.4) is 0 Å². The summed E-state index contributed by atoms with van der Waals surface area (Å²) in [4.78, 5) is 29.7. The maximum atomic E-state index is 12.2. The third kappa shape index (κ3) is 3.73. The first kappa shape index (κ1) is 17.6. The summed E-state index contributed by atoms with van der Waals surface area (Å²) in [5.74, 6) is 0.0953. The first-order chi connectivity index (χ1) is 12.0. The van der Waals surface area contributed by atoms with E-state index in [0.29, 0.717) is 24.6 Å². The molecule has 7 nitrogen and oxygen atoms in total. The summed E-state index contributed by atoms with van der Waals surface area (Å²) in [5, 5.41) is 7.26. The quantitative estimate of drug-likeness (QED) is 0.793. The van der Waals surface area contributed by atoms with Crippen LogP contribution in [0.1, 0.15) is 53.3 Å². The number of hydrogen-bond acceptors (Lipinski definition) is 7. The van der Waals surface area contributed by atoms with Gasteiger partial charge in [0.2, 0.25) is 5.91 Å². The largest absolute Gasteiger partial charge is 0.465 e. The molecule has 1 N–H and O–H groups in total. The molecule has 2 aromatic rings. The van der Waals surface area contributed by atoms with Gasteiger partial charge in [-0.25, -0.2) is 4.98 Å². The lowest BCUT2D eigenvalue weighted by molar-refractivity contribution is -0.145. The van der Waals surface area contributed by atoms with E-state index in [9.17, 15) is 9.59 Å². The van der Waals surface area contributed by atoms with Gasteiger partial charge in [-0.3, -0.25) is 9.59 Å². The summed E-state index contributed by atoms with van der Waals surface area (Å²) < 4.78 is 10.2. The van der Waals surface area contributed by atoms with Gasteiger partial charge in [0.1, 0.15) is 11.7 Å². The number of ether oxygens (including phenoxy) is 1. The van der Waals surface area contributed by atoms with Crippen LogP contribution >= 0.6 is 11.3 Å². The molecule has 1 aliphatic rings. The molecule has 0 saturated heterocycles. The van der Waals surface area contributed by atoms with Crippen molar-refractivity contribution in [3.63, 3.8) is 0 Å². The summed E-state index contributed by atoms with van der Waals surface area (Å²) in [6.07, 6.45) is 2.43. The normalized spacial score (nSPS) is 15.9. The number of aryl methyl sites for hydroxylation is 3. The van der Waals surface area contributed by atoms with Crippen molar-refractivity contribution in [3.05, 3.63) is 27.6 Å². The molecule has 1 atom stereocenters. The first-order valence-electron chi connectivity index (χ1n) is 8.37. The van der Waals surface area contributed by atoms with Crippen molar-refractivity contribution >= 4 is 28.3 Å². The number of fused-ring (bicyclic) bond motifs is 1. The molecule has 0 saturated carbocycles. The molecule has 0 bridgehead atoms. The van der Waals surface area contributed by atoms with Gasteiger partial charge in [0.15, 0.2) is 5.13 Å². The van der Waals surface area contributed by atoms with Crippen molar-refractivity contribution in [2.24, 2.45) is 0 Å². The van der Waals surface area contributed by atoms with Crippen molar-refractivity contribution < 1.29 is 18.8 Å². The highest BCUT2D eigenvalue weighted by atomic mass is 32.1. The van der Waals surface area contributed by atoms with Gasteiger partial charge < -0.3 is 14.6 Å². The van der Waals surface area contributed by atoms with Gasteiger partial charge in [0, 0.05) is 16.9 Å². The van der Waals surface area contributed by atoms with E-state index >= 15 is 0 Å². The number of nitrogens with one attached hydrogen (secondary N) is 1. The molecule has 2 heterocycles. The second-order valence-electron chi connectivity index (χ2n) is 6.02. The van der Waals surface area contributed by atoms with Crippen LogP contribution in [0.2, 0.25) is 0 Å². The molecule has 1 aliphatic carbocycles. The zero-order valence-electron chi connectivity index (χ0n) is 14.5. The molecule has 1 unspecified atom stereocenters. The Balaban J connectivity index is 1.60. The van der Waals surface area contributed by atoms with Gasteiger partial charge in [-0.15, -0.1) is 11.3 Å². The van der Waals surface area contributed by atoms with Crippen molar-refractivity contribution in [3.8, 4) is 0 Å². The van der Waals surface area contributed by atoms with Crippen LogP contribution in [-0.2, 0) is 27.2 Å². The molecule has 25 heavy (non-hydrogen) atoms. The fraction of sp³-hybridized carbons (Fsp3) is 0.529. The maximum Gasteiger partial charge on any atom is 0.315 e. The van der Waals surface area contributed by atoms with Gasteiger partial charge in [-0.1, -0.05) is 5.16 Å². The second kappa shape index (κ2) is 7.35. The lowest BCUT2D eigenvalue weighted by atomic mass is 10.1. The number of carbonyl (C=O) groups is 2. The molecule has 0 fully saturated rings. The van der Waals surface area contributed by atoms with Gasteiger partial charge in [-0.2, -0.15) is 0 Å². The standard InChI is InChI=1S/C17H21N3O4S/c1-4-23-16(22)12-5-7-13-15(12)19-17(25-13)18-14(21)8-6-11-9(2)20-24-10(11)3/h12H,4-8H2,1-3H3,(H,18,19,21). The summed E-state index contributed by atoms with van der Waals surface area (Å²) >= 11 is 1.44. The second-order valence-corrected chi connectivity index (χ2v) is 7.11. The Morgan fingerprint density at radius 2 is 2.20 bits per heavy atom. The Labute approximate surface area is 149 Å². The highest BCUT2D eigenvalue weighted by Crippen LogP contribution is 2.39. The predicted octanol–water partition coefficient (Wildman–Crippen LogP) is 2.91. The van der Waals surface area contributed by atoms with Crippen molar-refractivity contribution in [1.82, 2.24) is 10.1 Å². The number of rotatable bonds is 6. The smallest absolute Gasteiger partial charge is 0.315 e. The highest BCUT2D eigenvalue weighted by molar-refractivity contribution is 7.16. The topological polar surface area (TPSA) is 94.3 Å². The van der Waals surface area contributed by atoms with Crippen LogP contribution in [0, 0.1) is 13.8 Å².